The molecule has 0 saturated carbocycles. The number of halogens is 3. The van der Waals surface area contributed by atoms with Crippen LogP contribution in [0.25, 0.3) is 0 Å². The van der Waals surface area contributed by atoms with Gasteiger partial charge < -0.3 is 14.8 Å². The SMILES string of the molecule is COc1cccc(OCc2csc(C(=O)Nc3c(Br)cc(F)cc3Br)c2)c1. The van der Waals surface area contributed by atoms with E-state index in [2.05, 4.69) is 37.2 Å². The van der Waals surface area contributed by atoms with Crippen LogP contribution in [-0.4, -0.2) is 13.0 Å². The first-order chi connectivity index (χ1) is 13.0. The lowest BCUT2D eigenvalue weighted by Crippen LogP contribution is -2.11. The molecular formula is C19H14Br2FNO3S. The van der Waals surface area contributed by atoms with Gasteiger partial charge in [0.25, 0.3) is 5.91 Å². The third kappa shape index (κ3) is 5.09. The first kappa shape index (κ1) is 19.9. The van der Waals surface area contributed by atoms with Crippen molar-refractivity contribution in [1.82, 2.24) is 0 Å². The summed E-state index contributed by atoms with van der Waals surface area (Å²) in [4.78, 5) is 13.0. The molecule has 0 aliphatic rings. The highest BCUT2D eigenvalue weighted by Gasteiger charge is 2.14. The fraction of sp³-hybridized carbons (Fsp3) is 0.105. The predicted molar refractivity (Wildman–Crippen MR) is 111 cm³/mol. The number of nitrogens with one attached hydrogen (secondary N) is 1. The number of hydrogen-bond acceptors (Lipinski definition) is 4. The smallest absolute Gasteiger partial charge is 0.265 e. The topological polar surface area (TPSA) is 47.6 Å². The summed E-state index contributed by atoms with van der Waals surface area (Å²) in [6, 6.07) is 11.7. The van der Waals surface area contributed by atoms with E-state index in [9.17, 15) is 9.18 Å². The third-order valence-electron chi connectivity index (χ3n) is 3.57. The van der Waals surface area contributed by atoms with Crippen LogP contribution in [0.3, 0.4) is 0 Å². The van der Waals surface area contributed by atoms with Gasteiger partial charge in [0.2, 0.25) is 0 Å². The minimum atomic E-state index is -0.403. The standard InChI is InChI=1S/C19H14Br2FNO3S/c1-25-13-3-2-4-14(8-13)26-9-11-5-17(27-10-11)19(24)23-18-15(20)6-12(22)7-16(18)21/h2-8,10H,9H2,1H3,(H,23,24). The van der Waals surface area contributed by atoms with Crippen molar-refractivity contribution in [1.29, 1.82) is 0 Å². The van der Waals surface area contributed by atoms with E-state index in [0.29, 0.717) is 37.6 Å². The molecule has 1 aromatic heterocycles. The van der Waals surface area contributed by atoms with Crippen molar-refractivity contribution in [3.63, 3.8) is 0 Å². The van der Waals surface area contributed by atoms with Crippen molar-refractivity contribution in [2.24, 2.45) is 0 Å². The molecule has 0 saturated heterocycles. The predicted octanol–water partition coefficient (Wildman–Crippen LogP) is 6.25. The lowest BCUT2D eigenvalue weighted by atomic mass is 10.3. The fourth-order valence-electron chi connectivity index (χ4n) is 2.26. The van der Waals surface area contributed by atoms with Gasteiger partial charge in [0, 0.05) is 20.6 Å². The van der Waals surface area contributed by atoms with Crippen LogP contribution < -0.4 is 14.8 Å². The van der Waals surface area contributed by atoms with Gasteiger partial charge in [-0.25, -0.2) is 4.39 Å². The molecule has 3 aromatic rings. The van der Waals surface area contributed by atoms with Crippen LogP contribution >= 0.6 is 43.2 Å². The molecule has 0 unspecified atom stereocenters. The van der Waals surface area contributed by atoms with Crippen LogP contribution in [0.2, 0.25) is 0 Å². The Bertz CT molecular complexity index is 954. The van der Waals surface area contributed by atoms with E-state index in [1.54, 1.807) is 19.2 Å². The van der Waals surface area contributed by atoms with Gasteiger partial charge in [0.05, 0.1) is 17.7 Å². The molecule has 0 aliphatic heterocycles. The fourth-order valence-corrected chi connectivity index (χ4v) is 4.39. The Morgan fingerprint density at radius 2 is 1.85 bits per heavy atom. The highest BCUT2D eigenvalue weighted by Crippen LogP contribution is 2.33. The van der Waals surface area contributed by atoms with E-state index >= 15 is 0 Å². The normalized spacial score (nSPS) is 10.5. The lowest BCUT2D eigenvalue weighted by molar-refractivity contribution is 0.103. The Kier molecular flexibility index (Phi) is 6.51. The molecule has 1 heterocycles. The molecule has 1 amide bonds. The molecular weight excluding hydrogens is 501 g/mol. The Morgan fingerprint density at radius 1 is 1.15 bits per heavy atom. The van der Waals surface area contributed by atoms with Crippen LogP contribution in [0.15, 0.2) is 56.8 Å². The van der Waals surface area contributed by atoms with Gasteiger partial charge in [0.15, 0.2) is 0 Å². The zero-order valence-corrected chi connectivity index (χ0v) is 18.1. The van der Waals surface area contributed by atoms with Crippen LogP contribution in [0.5, 0.6) is 11.5 Å². The van der Waals surface area contributed by atoms with Gasteiger partial charge in [0.1, 0.15) is 23.9 Å². The molecule has 27 heavy (non-hydrogen) atoms. The minimum absolute atomic E-state index is 0.277. The van der Waals surface area contributed by atoms with E-state index in [1.165, 1.54) is 23.5 Å². The maximum absolute atomic E-state index is 13.4. The molecule has 0 atom stereocenters. The minimum Gasteiger partial charge on any atom is -0.497 e. The summed E-state index contributed by atoms with van der Waals surface area (Å²) in [5, 5.41) is 4.64. The monoisotopic (exact) mass is 513 g/mol. The number of carbonyl (C=O) groups excluding carboxylic acids is 1. The van der Waals surface area contributed by atoms with E-state index in [0.717, 1.165) is 5.56 Å². The van der Waals surface area contributed by atoms with Crippen molar-refractivity contribution in [3.05, 3.63) is 73.0 Å². The van der Waals surface area contributed by atoms with Crippen molar-refractivity contribution in [2.75, 3.05) is 12.4 Å². The van der Waals surface area contributed by atoms with Crippen LogP contribution in [0.1, 0.15) is 15.2 Å². The Morgan fingerprint density at radius 3 is 2.56 bits per heavy atom. The first-order valence-corrected chi connectivity index (χ1v) is 10.2. The van der Waals surface area contributed by atoms with E-state index in [1.807, 2.05) is 23.6 Å². The van der Waals surface area contributed by atoms with E-state index in [-0.39, 0.29) is 5.91 Å². The van der Waals surface area contributed by atoms with Crippen LogP contribution in [0.4, 0.5) is 10.1 Å². The summed E-state index contributed by atoms with van der Waals surface area (Å²) < 4.78 is 25.2. The maximum atomic E-state index is 13.4. The second kappa shape index (κ2) is 8.86. The van der Waals surface area contributed by atoms with Gasteiger partial charge in [-0.3, -0.25) is 4.79 Å². The Labute approximate surface area is 176 Å². The van der Waals surface area contributed by atoms with Gasteiger partial charge in [-0.15, -0.1) is 11.3 Å². The lowest BCUT2D eigenvalue weighted by Gasteiger charge is -2.09. The molecule has 3 rings (SSSR count). The highest BCUT2D eigenvalue weighted by molar-refractivity contribution is 9.11. The molecule has 0 spiro atoms. The number of hydrogen-bond donors (Lipinski definition) is 1. The van der Waals surface area contributed by atoms with Gasteiger partial charge in [-0.05, 0) is 67.6 Å². The van der Waals surface area contributed by atoms with Crippen LogP contribution in [0, 0.1) is 5.82 Å². The molecule has 0 radical (unpaired) electrons. The average molecular weight is 515 g/mol. The highest BCUT2D eigenvalue weighted by atomic mass is 79.9. The van der Waals surface area contributed by atoms with Crippen molar-refractivity contribution >= 4 is 54.8 Å². The molecule has 2 aromatic carbocycles. The zero-order chi connectivity index (χ0) is 19.4. The van der Waals surface area contributed by atoms with E-state index < -0.39 is 5.82 Å². The number of ether oxygens (including phenoxy) is 2. The largest absolute Gasteiger partial charge is 0.497 e. The number of benzene rings is 2. The molecule has 4 nitrogen and oxygen atoms in total. The number of thiophene rings is 1. The summed E-state index contributed by atoms with van der Waals surface area (Å²) in [6.07, 6.45) is 0. The van der Waals surface area contributed by atoms with Gasteiger partial charge in [-0.2, -0.15) is 0 Å². The van der Waals surface area contributed by atoms with Gasteiger partial charge in [-0.1, -0.05) is 6.07 Å². The average Bonchev–Trinajstić information content (AvgIpc) is 3.12. The van der Waals surface area contributed by atoms with Crippen LogP contribution in [-0.2, 0) is 6.61 Å². The second-order valence-electron chi connectivity index (χ2n) is 5.49. The number of amides is 1. The summed E-state index contributed by atoms with van der Waals surface area (Å²) in [5.74, 6) is 0.722. The first-order valence-electron chi connectivity index (χ1n) is 7.76. The van der Waals surface area contributed by atoms with E-state index in [4.69, 9.17) is 9.47 Å². The third-order valence-corrected chi connectivity index (χ3v) is 5.80. The number of carbonyl (C=O) groups is 1. The Balaban J connectivity index is 1.65. The molecule has 140 valence electrons. The summed E-state index contributed by atoms with van der Waals surface area (Å²) in [7, 11) is 1.60. The van der Waals surface area contributed by atoms with Crippen molar-refractivity contribution in [2.45, 2.75) is 6.61 Å². The summed E-state index contributed by atoms with van der Waals surface area (Å²) in [5.41, 5.74) is 1.36. The quantitative estimate of drug-likeness (QED) is 0.422. The summed E-state index contributed by atoms with van der Waals surface area (Å²) in [6.45, 7) is 0.334. The molecule has 8 heteroatoms. The molecule has 0 bridgehead atoms. The van der Waals surface area contributed by atoms with Crippen molar-refractivity contribution in [3.8, 4) is 11.5 Å². The van der Waals surface area contributed by atoms with Crippen molar-refractivity contribution < 1.29 is 18.7 Å². The zero-order valence-electron chi connectivity index (χ0n) is 14.1. The van der Waals surface area contributed by atoms with Gasteiger partial charge >= 0.3 is 0 Å². The maximum Gasteiger partial charge on any atom is 0.265 e. The molecule has 0 aliphatic carbocycles. The summed E-state index contributed by atoms with van der Waals surface area (Å²) >= 11 is 7.82. The number of methoxy groups -OCH3 is 1. The second-order valence-corrected chi connectivity index (χ2v) is 8.11. The molecule has 1 N–H and O–H groups in total. The Hall–Kier alpha value is -1.90. The number of rotatable bonds is 6. The molecule has 0 fully saturated rings. The number of anilines is 1.